The summed E-state index contributed by atoms with van der Waals surface area (Å²) in [6, 6.07) is 19.3. The van der Waals surface area contributed by atoms with Gasteiger partial charge in [-0.15, -0.1) is 0 Å². The maximum Gasteiger partial charge on any atom is 0.197 e. The lowest BCUT2D eigenvalue weighted by atomic mass is 10.3. The molecule has 0 saturated carbocycles. The van der Waals surface area contributed by atoms with Crippen LogP contribution in [0.25, 0.3) is 0 Å². The molecule has 0 spiro atoms. The molecule has 0 bridgehead atoms. The summed E-state index contributed by atoms with van der Waals surface area (Å²) < 4.78 is 0. The van der Waals surface area contributed by atoms with Gasteiger partial charge in [0.15, 0.2) is 5.96 Å². The van der Waals surface area contributed by atoms with Crippen LogP contribution in [-0.2, 0) is 0 Å². The van der Waals surface area contributed by atoms with Crippen molar-refractivity contribution >= 4 is 17.3 Å². The second kappa shape index (κ2) is 6.27. The monoisotopic (exact) mass is 231 g/mol. The molecular formula is C13H14FN3. The van der Waals surface area contributed by atoms with Gasteiger partial charge in [0.05, 0.1) is 0 Å². The standard InChI is InChI=1S/C13H13N3.FH/c14-13(15-11-7-3-1-4-8-11)16-12-9-5-2-6-10-12;/h1-10H,(H3,14,15,16);1H. The molecule has 88 valence electrons. The second-order valence-corrected chi connectivity index (χ2v) is 3.36. The molecule has 2 aromatic rings. The van der Waals surface area contributed by atoms with Crippen LogP contribution in [0, 0.1) is 5.41 Å². The molecular weight excluding hydrogens is 217 g/mol. The Morgan fingerprint density at radius 2 is 1.06 bits per heavy atom. The van der Waals surface area contributed by atoms with Crippen molar-refractivity contribution in [2.75, 3.05) is 10.6 Å². The van der Waals surface area contributed by atoms with Gasteiger partial charge in [-0.25, -0.2) is 0 Å². The molecule has 3 N–H and O–H groups in total. The number of para-hydroxylation sites is 2. The van der Waals surface area contributed by atoms with E-state index in [1.165, 1.54) is 0 Å². The van der Waals surface area contributed by atoms with Crippen molar-refractivity contribution in [3.05, 3.63) is 60.7 Å². The van der Waals surface area contributed by atoms with E-state index >= 15 is 0 Å². The maximum absolute atomic E-state index is 7.74. The number of rotatable bonds is 2. The van der Waals surface area contributed by atoms with E-state index in [9.17, 15) is 0 Å². The van der Waals surface area contributed by atoms with E-state index in [4.69, 9.17) is 5.41 Å². The summed E-state index contributed by atoms with van der Waals surface area (Å²) >= 11 is 0. The maximum atomic E-state index is 7.74. The van der Waals surface area contributed by atoms with Gasteiger partial charge in [0.1, 0.15) is 0 Å². The van der Waals surface area contributed by atoms with E-state index < -0.39 is 0 Å². The fraction of sp³-hybridized carbons (Fsp3) is 0. The first-order chi connectivity index (χ1) is 7.84. The van der Waals surface area contributed by atoms with Crippen LogP contribution in [0.15, 0.2) is 60.7 Å². The Morgan fingerprint density at radius 3 is 1.41 bits per heavy atom. The van der Waals surface area contributed by atoms with Crippen LogP contribution in [0.1, 0.15) is 0 Å². The summed E-state index contributed by atoms with van der Waals surface area (Å²) in [5, 5.41) is 13.7. The van der Waals surface area contributed by atoms with Gasteiger partial charge in [0, 0.05) is 11.4 Å². The van der Waals surface area contributed by atoms with E-state index in [1.807, 2.05) is 60.7 Å². The molecule has 0 fully saturated rings. The minimum atomic E-state index is 0. The summed E-state index contributed by atoms with van der Waals surface area (Å²) in [4.78, 5) is 0. The number of benzene rings is 2. The first-order valence-corrected chi connectivity index (χ1v) is 5.07. The third-order valence-corrected chi connectivity index (χ3v) is 2.09. The zero-order valence-corrected chi connectivity index (χ0v) is 9.18. The van der Waals surface area contributed by atoms with Crippen molar-refractivity contribution in [1.82, 2.24) is 0 Å². The largest absolute Gasteiger partial charge is 0.326 e. The van der Waals surface area contributed by atoms with E-state index in [2.05, 4.69) is 10.6 Å². The van der Waals surface area contributed by atoms with Crippen molar-refractivity contribution in [2.45, 2.75) is 0 Å². The summed E-state index contributed by atoms with van der Waals surface area (Å²) in [7, 11) is 0. The quantitative estimate of drug-likeness (QED) is 0.548. The van der Waals surface area contributed by atoms with E-state index in [0.717, 1.165) is 11.4 Å². The predicted octanol–water partition coefficient (Wildman–Crippen LogP) is 3.30. The van der Waals surface area contributed by atoms with Crippen LogP contribution in [0.3, 0.4) is 0 Å². The molecule has 0 aliphatic rings. The van der Waals surface area contributed by atoms with Crippen molar-refractivity contribution in [3.8, 4) is 0 Å². The molecule has 3 nitrogen and oxygen atoms in total. The highest BCUT2D eigenvalue weighted by molar-refractivity contribution is 6.01. The highest BCUT2D eigenvalue weighted by Gasteiger charge is 1.96. The molecule has 4 heteroatoms. The lowest BCUT2D eigenvalue weighted by Crippen LogP contribution is -2.20. The molecule has 0 saturated heterocycles. The van der Waals surface area contributed by atoms with Crippen molar-refractivity contribution in [3.63, 3.8) is 0 Å². The number of halogens is 1. The highest BCUT2D eigenvalue weighted by Crippen LogP contribution is 2.07. The van der Waals surface area contributed by atoms with Crippen LogP contribution >= 0.6 is 0 Å². The highest BCUT2D eigenvalue weighted by atomic mass is 19.0. The summed E-state index contributed by atoms with van der Waals surface area (Å²) in [5.41, 5.74) is 1.80. The molecule has 0 unspecified atom stereocenters. The Bertz CT molecular complexity index is 413. The molecule has 0 amide bonds. The molecule has 2 aromatic carbocycles. The van der Waals surface area contributed by atoms with E-state index in [-0.39, 0.29) is 10.7 Å². The van der Waals surface area contributed by atoms with Gasteiger partial charge >= 0.3 is 0 Å². The number of anilines is 2. The van der Waals surface area contributed by atoms with Crippen LogP contribution in [-0.4, -0.2) is 5.96 Å². The second-order valence-electron chi connectivity index (χ2n) is 3.36. The zero-order valence-electron chi connectivity index (χ0n) is 9.18. The van der Waals surface area contributed by atoms with Gasteiger partial charge in [-0.3, -0.25) is 10.1 Å². The fourth-order valence-electron chi connectivity index (χ4n) is 1.36. The summed E-state index contributed by atoms with van der Waals surface area (Å²) in [6.07, 6.45) is 0. The third-order valence-electron chi connectivity index (χ3n) is 2.09. The van der Waals surface area contributed by atoms with Gasteiger partial charge in [-0.05, 0) is 24.3 Å². The molecule has 0 aliphatic heterocycles. The Kier molecular flexibility index (Phi) is 4.69. The molecule has 0 atom stereocenters. The topological polar surface area (TPSA) is 47.9 Å². The van der Waals surface area contributed by atoms with Gasteiger partial charge < -0.3 is 10.6 Å². The number of hydrogen-bond donors (Lipinski definition) is 3. The molecule has 0 heterocycles. The Balaban J connectivity index is 0.00000144. The number of nitrogens with one attached hydrogen (secondary N) is 3. The fourth-order valence-corrected chi connectivity index (χ4v) is 1.36. The summed E-state index contributed by atoms with van der Waals surface area (Å²) in [5.74, 6) is 0.261. The van der Waals surface area contributed by atoms with Gasteiger partial charge in [-0.1, -0.05) is 36.4 Å². The van der Waals surface area contributed by atoms with Crippen LogP contribution in [0.4, 0.5) is 16.1 Å². The minimum Gasteiger partial charge on any atom is -0.326 e. The minimum absolute atomic E-state index is 0. The molecule has 0 aromatic heterocycles. The van der Waals surface area contributed by atoms with Crippen molar-refractivity contribution in [1.29, 1.82) is 5.41 Å². The van der Waals surface area contributed by atoms with E-state index in [1.54, 1.807) is 0 Å². The summed E-state index contributed by atoms with van der Waals surface area (Å²) in [6.45, 7) is 0. The predicted molar refractivity (Wildman–Crippen MR) is 70.4 cm³/mol. The molecule has 17 heavy (non-hydrogen) atoms. The average Bonchev–Trinajstić information content (AvgIpc) is 2.31. The van der Waals surface area contributed by atoms with E-state index in [0.29, 0.717) is 0 Å². The Morgan fingerprint density at radius 1 is 0.706 bits per heavy atom. The average molecular weight is 231 g/mol. The number of hydrogen-bond acceptors (Lipinski definition) is 1. The SMILES string of the molecule is F.N=C(Nc1ccccc1)Nc1ccccc1. The van der Waals surface area contributed by atoms with Crippen molar-refractivity contribution in [2.24, 2.45) is 0 Å². The van der Waals surface area contributed by atoms with Crippen LogP contribution in [0.5, 0.6) is 0 Å². The molecule has 0 aliphatic carbocycles. The lowest BCUT2D eigenvalue weighted by Gasteiger charge is -2.09. The zero-order chi connectivity index (χ0) is 11.2. The molecule has 0 radical (unpaired) electrons. The number of guanidine groups is 1. The van der Waals surface area contributed by atoms with Crippen LogP contribution < -0.4 is 10.6 Å². The lowest BCUT2D eigenvalue weighted by molar-refractivity contribution is 1.11. The van der Waals surface area contributed by atoms with Crippen LogP contribution in [0.2, 0.25) is 0 Å². The first kappa shape index (κ1) is 12.7. The smallest absolute Gasteiger partial charge is 0.197 e. The van der Waals surface area contributed by atoms with Gasteiger partial charge in [0.25, 0.3) is 0 Å². The molecule has 2 rings (SSSR count). The van der Waals surface area contributed by atoms with Gasteiger partial charge in [0.2, 0.25) is 0 Å². The third kappa shape index (κ3) is 3.95. The van der Waals surface area contributed by atoms with Gasteiger partial charge in [-0.2, -0.15) is 0 Å². The first-order valence-electron chi connectivity index (χ1n) is 5.07. The van der Waals surface area contributed by atoms with Crippen molar-refractivity contribution < 1.29 is 4.70 Å². The Hall–Kier alpha value is -2.36. The Labute approximate surface area is 99.4 Å². The normalized spacial score (nSPS) is 8.94.